The van der Waals surface area contributed by atoms with E-state index in [9.17, 15) is 0 Å². The molecule has 1 aliphatic rings. The number of hydrogen-bond acceptors (Lipinski definition) is 3. The summed E-state index contributed by atoms with van der Waals surface area (Å²) in [5.74, 6) is 0. The Morgan fingerprint density at radius 1 is 1.17 bits per heavy atom. The van der Waals surface area contributed by atoms with E-state index in [2.05, 4.69) is 4.89 Å². The van der Waals surface area contributed by atoms with E-state index in [-0.39, 0.29) is 0 Å². The van der Waals surface area contributed by atoms with Gasteiger partial charge in [-0.15, -0.1) is 0 Å². The number of rotatable bonds is 2. The molecule has 1 aliphatic heterocycles. The Balaban J connectivity index is 1.99. The lowest BCUT2D eigenvalue weighted by Crippen LogP contribution is -2.11. The van der Waals surface area contributed by atoms with E-state index < -0.39 is 0 Å². The second-order valence-electron chi connectivity index (χ2n) is 2.52. The van der Waals surface area contributed by atoms with E-state index in [1.165, 1.54) is 11.8 Å². The standard InChI is InChI=1S/C9H9NO2/c1-2-4-9(5-3-1)8-10-6-7-11-12-10/h1-7H,8H2. The van der Waals surface area contributed by atoms with Crippen molar-refractivity contribution >= 4 is 0 Å². The first-order chi connectivity index (χ1) is 5.95. The van der Waals surface area contributed by atoms with Crippen LogP contribution in [0.4, 0.5) is 0 Å². The molecule has 0 saturated carbocycles. The molecule has 1 aromatic carbocycles. The molecule has 0 aliphatic carbocycles. The predicted octanol–water partition coefficient (Wildman–Crippen LogP) is 1.84. The highest BCUT2D eigenvalue weighted by atomic mass is 17.3. The quantitative estimate of drug-likeness (QED) is 0.621. The Morgan fingerprint density at radius 2 is 2.00 bits per heavy atom. The summed E-state index contributed by atoms with van der Waals surface area (Å²) in [6, 6.07) is 10.1. The Labute approximate surface area is 70.7 Å². The average Bonchev–Trinajstić information content (AvgIpc) is 2.59. The zero-order valence-electron chi connectivity index (χ0n) is 6.51. The van der Waals surface area contributed by atoms with Crippen LogP contribution in [0, 0.1) is 0 Å². The highest BCUT2D eigenvalue weighted by Crippen LogP contribution is 2.09. The summed E-state index contributed by atoms with van der Waals surface area (Å²) in [6.45, 7) is 0.706. The lowest BCUT2D eigenvalue weighted by atomic mass is 10.2. The molecule has 0 fully saturated rings. The summed E-state index contributed by atoms with van der Waals surface area (Å²) in [7, 11) is 0. The first-order valence-corrected chi connectivity index (χ1v) is 3.76. The van der Waals surface area contributed by atoms with Gasteiger partial charge in [0, 0.05) is 0 Å². The molecule has 0 bridgehead atoms. The minimum atomic E-state index is 0.706. The molecule has 2 rings (SSSR count). The Hall–Kier alpha value is -1.48. The first kappa shape index (κ1) is 7.18. The number of hydroxylamine groups is 2. The van der Waals surface area contributed by atoms with Crippen LogP contribution in [0.15, 0.2) is 42.8 Å². The molecule has 1 aromatic rings. The van der Waals surface area contributed by atoms with Crippen LogP contribution in [0.2, 0.25) is 0 Å². The highest BCUT2D eigenvalue weighted by Gasteiger charge is 2.06. The summed E-state index contributed by atoms with van der Waals surface area (Å²) < 4.78 is 0. The molecule has 0 spiro atoms. The molecule has 0 N–H and O–H groups in total. The zero-order chi connectivity index (χ0) is 8.23. The largest absolute Gasteiger partial charge is 0.321 e. The van der Waals surface area contributed by atoms with E-state index in [1.807, 2.05) is 30.3 Å². The summed E-state index contributed by atoms with van der Waals surface area (Å²) in [5.41, 5.74) is 1.19. The highest BCUT2D eigenvalue weighted by molar-refractivity contribution is 5.14. The van der Waals surface area contributed by atoms with E-state index in [0.717, 1.165) is 0 Å². The van der Waals surface area contributed by atoms with Gasteiger partial charge >= 0.3 is 0 Å². The van der Waals surface area contributed by atoms with Crippen LogP contribution in [-0.2, 0) is 16.4 Å². The van der Waals surface area contributed by atoms with Crippen LogP contribution in [0.5, 0.6) is 0 Å². The van der Waals surface area contributed by atoms with Crippen molar-refractivity contribution in [2.75, 3.05) is 0 Å². The summed E-state index contributed by atoms with van der Waals surface area (Å²) in [4.78, 5) is 9.35. The molecule has 12 heavy (non-hydrogen) atoms. The van der Waals surface area contributed by atoms with Crippen molar-refractivity contribution in [2.45, 2.75) is 6.54 Å². The van der Waals surface area contributed by atoms with Crippen molar-refractivity contribution in [3.63, 3.8) is 0 Å². The monoisotopic (exact) mass is 163 g/mol. The lowest BCUT2D eigenvalue weighted by Gasteiger charge is -2.10. The third-order valence-corrected chi connectivity index (χ3v) is 1.60. The number of hydrogen-bond donors (Lipinski definition) is 0. The van der Waals surface area contributed by atoms with Gasteiger partial charge in [0.25, 0.3) is 0 Å². The van der Waals surface area contributed by atoms with E-state index >= 15 is 0 Å². The second kappa shape index (κ2) is 3.28. The minimum Gasteiger partial charge on any atom is -0.321 e. The fourth-order valence-corrected chi connectivity index (χ4v) is 1.04. The van der Waals surface area contributed by atoms with Crippen LogP contribution >= 0.6 is 0 Å². The summed E-state index contributed by atoms with van der Waals surface area (Å²) in [5, 5.41) is 1.62. The molecule has 1 heterocycles. The minimum absolute atomic E-state index is 0.706. The molecule has 62 valence electrons. The van der Waals surface area contributed by atoms with Crippen molar-refractivity contribution in [1.29, 1.82) is 0 Å². The van der Waals surface area contributed by atoms with Gasteiger partial charge in [0.1, 0.15) is 0 Å². The first-order valence-electron chi connectivity index (χ1n) is 3.76. The molecule has 3 heteroatoms. The zero-order valence-corrected chi connectivity index (χ0v) is 6.51. The van der Waals surface area contributed by atoms with Crippen LogP contribution in [0.25, 0.3) is 0 Å². The van der Waals surface area contributed by atoms with Gasteiger partial charge in [-0.2, -0.15) is 0 Å². The lowest BCUT2D eigenvalue weighted by molar-refractivity contribution is -0.360. The molecular weight excluding hydrogens is 154 g/mol. The van der Waals surface area contributed by atoms with Gasteiger partial charge in [-0.05, 0) is 5.56 Å². The second-order valence-corrected chi connectivity index (χ2v) is 2.52. The molecule has 0 amide bonds. The fourth-order valence-electron chi connectivity index (χ4n) is 1.04. The van der Waals surface area contributed by atoms with Crippen LogP contribution in [-0.4, -0.2) is 5.06 Å². The van der Waals surface area contributed by atoms with Crippen LogP contribution in [0.1, 0.15) is 5.56 Å². The van der Waals surface area contributed by atoms with Crippen molar-refractivity contribution in [1.82, 2.24) is 5.06 Å². The maximum absolute atomic E-state index is 4.78. The van der Waals surface area contributed by atoms with Gasteiger partial charge in [-0.25, -0.2) is 5.06 Å². The normalized spacial score (nSPS) is 14.8. The van der Waals surface area contributed by atoms with Crippen molar-refractivity contribution < 1.29 is 9.88 Å². The van der Waals surface area contributed by atoms with E-state index in [1.54, 1.807) is 11.3 Å². The molecular formula is C9H9NO2. The predicted molar refractivity (Wildman–Crippen MR) is 43.3 cm³/mol. The van der Waals surface area contributed by atoms with Gasteiger partial charge < -0.3 is 4.89 Å². The average molecular weight is 163 g/mol. The molecule has 3 nitrogen and oxygen atoms in total. The third kappa shape index (κ3) is 1.57. The molecule has 0 atom stereocenters. The van der Waals surface area contributed by atoms with Crippen LogP contribution in [0.3, 0.4) is 0 Å². The van der Waals surface area contributed by atoms with Crippen molar-refractivity contribution in [3.05, 3.63) is 48.4 Å². The van der Waals surface area contributed by atoms with E-state index in [0.29, 0.717) is 6.54 Å². The van der Waals surface area contributed by atoms with Gasteiger partial charge in [0.2, 0.25) is 0 Å². The Morgan fingerprint density at radius 3 is 2.67 bits per heavy atom. The van der Waals surface area contributed by atoms with Gasteiger partial charge in [-0.1, -0.05) is 35.3 Å². The molecule has 0 saturated heterocycles. The number of nitrogens with zero attached hydrogens (tertiary/aromatic N) is 1. The number of benzene rings is 1. The Kier molecular flexibility index (Phi) is 1.96. The summed E-state index contributed by atoms with van der Waals surface area (Å²) in [6.07, 6.45) is 3.25. The molecule has 0 unspecified atom stereocenters. The summed E-state index contributed by atoms with van der Waals surface area (Å²) >= 11 is 0. The van der Waals surface area contributed by atoms with E-state index in [4.69, 9.17) is 4.99 Å². The topological polar surface area (TPSA) is 21.7 Å². The molecule has 0 aromatic heterocycles. The Bertz CT molecular complexity index is 271. The van der Waals surface area contributed by atoms with Crippen molar-refractivity contribution in [2.24, 2.45) is 0 Å². The fraction of sp³-hybridized carbons (Fsp3) is 0.111. The molecule has 0 radical (unpaired) electrons. The van der Waals surface area contributed by atoms with Gasteiger partial charge in [0.15, 0.2) is 6.26 Å². The van der Waals surface area contributed by atoms with Gasteiger partial charge in [-0.3, -0.25) is 0 Å². The SMILES string of the molecule is C1=CN(Cc2ccccc2)OO1. The van der Waals surface area contributed by atoms with Gasteiger partial charge in [0.05, 0.1) is 12.7 Å². The maximum atomic E-state index is 4.78. The third-order valence-electron chi connectivity index (χ3n) is 1.60. The smallest absolute Gasteiger partial charge is 0.150 e. The van der Waals surface area contributed by atoms with Crippen molar-refractivity contribution in [3.8, 4) is 0 Å². The maximum Gasteiger partial charge on any atom is 0.150 e. The van der Waals surface area contributed by atoms with Crippen LogP contribution < -0.4 is 0 Å².